The van der Waals surface area contributed by atoms with E-state index in [1.165, 1.54) is 24.8 Å². The molecule has 0 aromatic heterocycles. The van der Waals surface area contributed by atoms with Gasteiger partial charge in [-0.15, -0.1) is 0 Å². The molecule has 1 N–H and O–H groups in total. The molecular formula is C17H26FN. The maximum Gasteiger partial charge on any atom is 0.129 e. The largest absolute Gasteiger partial charge is 0.313 e. The number of hydrogen-bond acceptors (Lipinski definition) is 1. The van der Waals surface area contributed by atoms with Crippen LogP contribution in [0.1, 0.15) is 55.8 Å². The molecule has 1 aromatic carbocycles. The minimum Gasteiger partial charge on any atom is -0.313 e. The van der Waals surface area contributed by atoms with Crippen LogP contribution in [0.3, 0.4) is 0 Å². The van der Waals surface area contributed by atoms with Crippen molar-refractivity contribution in [2.24, 2.45) is 11.3 Å². The zero-order chi connectivity index (χ0) is 14.2. The van der Waals surface area contributed by atoms with E-state index in [0.29, 0.717) is 17.4 Å². The van der Waals surface area contributed by atoms with E-state index in [0.717, 1.165) is 11.1 Å². The molecule has 2 heteroatoms. The highest BCUT2D eigenvalue weighted by molar-refractivity contribution is 5.33. The van der Waals surface area contributed by atoms with Crippen molar-refractivity contribution < 1.29 is 4.39 Å². The summed E-state index contributed by atoms with van der Waals surface area (Å²) >= 11 is 0. The molecule has 1 fully saturated rings. The van der Waals surface area contributed by atoms with Crippen molar-refractivity contribution in [3.63, 3.8) is 0 Å². The van der Waals surface area contributed by atoms with Crippen LogP contribution in [-0.2, 0) is 0 Å². The van der Waals surface area contributed by atoms with Crippen LogP contribution >= 0.6 is 0 Å². The molecule has 0 radical (unpaired) electrons. The summed E-state index contributed by atoms with van der Waals surface area (Å²) in [5.74, 6) is 0.561. The Balaban J connectivity index is 2.37. The maximum atomic E-state index is 13.8. The molecule has 2 atom stereocenters. The molecular weight excluding hydrogens is 237 g/mol. The van der Waals surface area contributed by atoms with Crippen LogP contribution in [0.15, 0.2) is 12.1 Å². The molecule has 0 amide bonds. The van der Waals surface area contributed by atoms with Crippen molar-refractivity contribution in [3.05, 3.63) is 34.6 Å². The van der Waals surface area contributed by atoms with Crippen molar-refractivity contribution in [1.82, 2.24) is 5.32 Å². The number of rotatable bonds is 3. The lowest BCUT2D eigenvalue weighted by molar-refractivity contribution is 0.203. The van der Waals surface area contributed by atoms with Crippen molar-refractivity contribution in [2.75, 3.05) is 7.05 Å². The Kier molecular flexibility index (Phi) is 4.00. The van der Waals surface area contributed by atoms with E-state index in [4.69, 9.17) is 0 Å². The van der Waals surface area contributed by atoms with E-state index in [9.17, 15) is 4.39 Å². The third kappa shape index (κ3) is 2.69. The van der Waals surface area contributed by atoms with Crippen LogP contribution < -0.4 is 5.32 Å². The van der Waals surface area contributed by atoms with Gasteiger partial charge in [0.25, 0.3) is 0 Å². The van der Waals surface area contributed by atoms with Gasteiger partial charge in [-0.1, -0.05) is 32.4 Å². The second-order valence-electron chi connectivity index (χ2n) is 6.72. The topological polar surface area (TPSA) is 12.0 Å². The molecule has 0 saturated heterocycles. The lowest BCUT2D eigenvalue weighted by atomic mass is 9.75. The maximum absolute atomic E-state index is 13.8. The Morgan fingerprint density at radius 3 is 2.26 bits per heavy atom. The summed E-state index contributed by atoms with van der Waals surface area (Å²) in [7, 11) is 2.02. The molecule has 0 bridgehead atoms. The molecule has 0 aliphatic heterocycles. The zero-order valence-electron chi connectivity index (χ0n) is 12.8. The van der Waals surface area contributed by atoms with Crippen LogP contribution in [0.25, 0.3) is 0 Å². The molecule has 1 nitrogen and oxygen atoms in total. The minimum atomic E-state index is -0.0655. The molecule has 1 aromatic rings. The van der Waals surface area contributed by atoms with Crippen LogP contribution in [-0.4, -0.2) is 7.05 Å². The SMILES string of the molecule is CNC(c1cc(C)c(F)c(C)c1)C1CCCC1(C)C. The Morgan fingerprint density at radius 2 is 1.84 bits per heavy atom. The van der Waals surface area contributed by atoms with Gasteiger partial charge in [-0.3, -0.25) is 0 Å². The Morgan fingerprint density at radius 1 is 1.26 bits per heavy atom. The van der Waals surface area contributed by atoms with Gasteiger partial charge in [-0.25, -0.2) is 4.39 Å². The van der Waals surface area contributed by atoms with Crippen LogP contribution in [0.5, 0.6) is 0 Å². The number of benzene rings is 1. The molecule has 2 unspecified atom stereocenters. The van der Waals surface area contributed by atoms with Gasteiger partial charge in [0.2, 0.25) is 0 Å². The molecule has 0 heterocycles. The quantitative estimate of drug-likeness (QED) is 0.845. The Hall–Kier alpha value is -0.890. The van der Waals surface area contributed by atoms with E-state index in [2.05, 4.69) is 19.2 Å². The lowest BCUT2D eigenvalue weighted by Crippen LogP contribution is -2.32. The third-order valence-electron chi connectivity index (χ3n) is 4.87. The molecule has 1 aliphatic carbocycles. The van der Waals surface area contributed by atoms with E-state index >= 15 is 0 Å². The predicted molar refractivity (Wildman–Crippen MR) is 78.8 cm³/mol. The fourth-order valence-electron chi connectivity index (χ4n) is 3.73. The van der Waals surface area contributed by atoms with Crippen LogP contribution in [0.2, 0.25) is 0 Å². The first-order valence-electron chi connectivity index (χ1n) is 7.30. The van der Waals surface area contributed by atoms with Gasteiger partial charge in [0.15, 0.2) is 0 Å². The average molecular weight is 263 g/mol. The monoisotopic (exact) mass is 263 g/mol. The third-order valence-corrected chi connectivity index (χ3v) is 4.87. The summed E-state index contributed by atoms with van der Waals surface area (Å²) in [6, 6.07) is 4.35. The van der Waals surface area contributed by atoms with Gasteiger partial charge >= 0.3 is 0 Å². The zero-order valence-corrected chi connectivity index (χ0v) is 12.8. The van der Waals surface area contributed by atoms with E-state index in [1.54, 1.807) is 0 Å². The highest BCUT2D eigenvalue weighted by Gasteiger charge is 2.39. The van der Waals surface area contributed by atoms with Crippen molar-refractivity contribution >= 4 is 0 Å². The number of halogens is 1. The summed E-state index contributed by atoms with van der Waals surface area (Å²) in [6.45, 7) is 8.44. The van der Waals surface area contributed by atoms with Crippen molar-refractivity contribution in [3.8, 4) is 0 Å². The Bertz CT molecular complexity index is 441. The van der Waals surface area contributed by atoms with E-state index in [1.807, 2.05) is 33.0 Å². The molecule has 1 aliphatic rings. The fraction of sp³-hybridized carbons (Fsp3) is 0.647. The normalized spacial score (nSPS) is 23.6. The minimum absolute atomic E-state index is 0.0655. The van der Waals surface area contributed by atoms with Crippen LogP contribution in [0, 0.1) is 31.0 Å². The summed E-state index contributed by atoms with van der Waals surface area (Å²) in [5, 5.41) is 3.47. The molecule has 0 spiro atoms. The molecule has 2 rings (SSSR count). The highest BCUT2D eigenvalue weighted by Crippen LogP contribution is 2.48. The first-order valence-corrected chi connectivity index (χ1v) is 7.30. The van der Waals surface area contributed by atoms with Gasteiger partial charge in [0.05, 0.1) is 0 Å². The van der Waals surface area contributed by atoms with Crippen LogP contribution in [0.4, 0.5) is 4.39 Å². The number of nitrogens with one attached hydrogen (secondary N) is 1. The van der Waals surface area contributed by atoms with Gasteiger partial charge < -0.3 is 5.32 Å². The van der Waals surface area contributed by atoms with Gasteiger partial charge in [0, 0.05) is 6.04 Å². The van der Waals surface area contributed by atoms with E-state index in [-0.39, 0.29) is 5.82 Å². The first-order chi connectivity index (χ1) is 8.86. The Labute approximate surface area is 116 Å². The van der Waals surface area contributed by atoms with E-state index < -0.39 is 0 Å². The van der Waals surface area contributed by atoms with Gasteiger partial charge in [0.1, 0.15) is 5.82 Å². The fourth-order valence-corrected chi connectivity index (χ4v) is 3.73. The highest BCUT2D eigenvalue weighted by atomic mass is 19.1. The summed E-state index contributed by atoms with van der Waals surface area (Å²) < 4.78 is 13.8. The lowest BCUT2D eigenvalue weighted by Gasteiger charge is -2.34. The summed E-state index contributed by atoms with van der Waals surface area (Å²) in [5.41, 5.74) is 3.11. The first kappa shape index (κ1) is 14.5. The average Bonchev–Trinajstić information content (AvgIpc) is 2.67. The number of aryl methyl sites for hydroxylation is 2. The second-order valence-corrected chi connectivity index (χ2v) is 6.72. The second kappa shape index (κ2) is 5.24. The summed E-state index contributed by atoms with van der Waals surface area (Å²) in [6.07, 6.45) is 3.85. The molecule has 1 saturated carbocycles. The van der Waals surface area contributed by atoms with Gasteiger partial charge in [-0.2, -0.15) is 0 Å². The molecule has 106 valence electrons. The van der Waals surface area contributed by atoms with Gasteiger partial charge in [-0.05, 0) is 61.8 Å². The van der Waals surface area contributed by atoms with Crippen molar-refractivity contribution in [2.45, 2.75) is 53.0 Å². The number of hydrogen-bond donors (Lipinski definition) is 1. The predicted octanol–water partition coefficient (Wildman–Crippen LogP) is 4.53. The standard InChI is InChI=1S/C17H26FN/c1-11-9-13(10-12(2)15(11)18)16(19-5)14-7-6-8-17(14,3)4/h9-10,14,16,19H,6-8H2,1-5H3. The van der Waals surface area contributed by atoms with Crippen molar-refractivity contribution in [1.29, 1.82) is 0 Å². The smallest absolute Gasteiger partial charge is 0.129 e. The molecule has 19 heavy (non-hydrogen) atoms. The summed E-state index contributed by atoms with van der Waals surface area (Å²) in [4.78, 5) is 0.